The van der Waals surface area contributed by atoms with Crippen LogP contribution < -0.4 is 14.4 Å². The Hall–Kier alpha value is -3.32. The molecule has 6 nitrogen and oxygen atoms in total. The van der Waals surface area contributed by atoms with Gasteiger partial charge in [0.05, 0.1) is 10.6 Å². The summed E-state index contributed by atoms with van der Waals surface area (Å²) in [7, 11) is -3.92. The molecule has 0 spiro atoms. The van der Waals surface area contributed by atoms with Gasteiger partial charge in [-0.3, -0.25) is 9.10 Å². The molecule has 0 aliphatic heterocycles. The van der Waals surface area contributed by atoms with Crippen LogP contribution in [-0.4, -0.2) is 26.9 Å². The first-order chi connectivity index (χ1) is 14.9. The third-order valence-electron chi connectivity index (χ3n) is 4.94. The van der Waals surface area contributed by atoms with Gasteiger partial charge in [0.2, 0.25) is 5.91 Å². The molecule has 3 aromatic rings. The lowest BCUT2D eigenvalue weighted by Gasteiger charge is -2.24. The molecule has 1 saturated carbocycles. The summed E-state index contributed by atoms with van der Waals surface area (Å²) in [4.78, 5) is 12.6. The zero-order chi connectivity index (χ0) is 21.8. The van der Waals surface area contributed by atoms with E-state index in [1.54, 1.807) is 48.5 Å². The van der Waals surface area contributed by atoms with Gasteiger partial charge in [-0.15, -0.1) is 0 Å². The first-order valence-electron chi connectivity index (χ1n) is 10.1. The number of para-hydroxylation sites is 1. The Bertz CT molecular complexity index is 1140. The smallest absolute Gasteiger partial charge is 0.264 e. The van der Waals surface area contributed by atoms with Crippen LogP contribution in [0.4, 0.5) is 5.69 Å². The Kier molecular flexibility index (Phi) is 5.95. The third kappa shape index (κ3) is 5.24. The van der Waals surface area contributed by atoms with E-state index in [1.165, 1.54) is 0 Å². The van der Waals surface area contributed by atoms with Gasteiger partial charge >= 0.3 is 0 Å². The van der Waals surface area contributed by atoms with Crippen molar-refractivity contribution in [3.8, 4) is 11.5 Å². The quantitative estimate of drug-likeness (QED) is 0.572. The Morgan fingerprint density at radius 2 is 1.55 bits per heavy atom. The number of anilines is 1. The average molecular weight is 437 g/mol. The minimum absolute atomic E-state index is 0.141. The van der Waals surface area contributed by atoms with Gasteiger partial charge in [0.15, 0.2) is 0 Å². The summed E-state index contributed by atoms with van der Waals surface area (Å²) < 4.78 is 33.7. The molecule has 1 N–H and O–H groups in total. The molecule has 31 heavy (non-hydrogen) atoms. The highest BCUT2D eigenvalue weighted by molar-refractivity contribution is 7.92. The van der Waals surface area contributed by atoms with Gasteiger partial charge in [-0.05, 0) is 68.3 Å². The molecule has 0 aromatic heterocycles. The van der Waals surface area contributed by atoms with Crippen molar-refractivity contribution in [2.75, 3.05) is 10.8 Å². The van der Waals surface area contributed by atoms with Gasteiger partial charge < -0.3 is 10.1 Å². The number of hydrogen-bond donors (Lipinski definition) is 1. The molecule has 1 aliphatic carbocycles. The third-order valence-corrected chi connectivity index (χ3v) is 6.73. The van der Waals surface area contributed by atoms with Crippen LogP contribution in [0, 0.1) is 6.92 Å². The fraction of sp³-hybridized carbons (Fsp3) is 0.208. The lowest BCUT2D eigenvalue weighted by molar-refractivity contribution is -0.119. The molecule has 0 atom stereocenters. The topological polar surface area (TPSA) is 75.7 Å². The maximum atomic E-state index is 13.4. The zero-order valence-corrected chi connectivity index (χ0v) is 18.0. The van der Waals surface area contributed by atoms with Crippen molar-refractivity contribution >= 4 is 21.6 Å². The second-order valence-electron chi connectivity index (χ2n) is 7.58. The molecule has 0 bridgehead atoms. The summed E-state index contributed by atoms with van der Waals surface area (Å²) in [5.74, 6) is 0.941. The maximum Gasteiger partial charge on any atom is 0.264 e. The van der Waals surface area contributed by atoms with Crippen LogP contribution in [0.1, 0.15) is 18.4 Å². The maximum absolute atomic E-state index is 13.4. The molecule has 1 fully saturated rings. The second kappa shape index (κ2) is 8.81. The highest BCUT2D eigenvalue weighted by Gasteiger charge is 2.30. The van der Waals surface area contributed by atoms with Gasteiger partial charge in [-0.2, -0.15) is 0 Å². The van der Waals surface area contributed by atoms with Crippen LogP contribution >= 0.6 is 0 Å². The number of ether oxygens (including phenoxy) is 1. The predicted molar refractivity (Wildman–Crippen MR) is 120 cm³/mol. The molecule has 0 heterocycles. The second-order valence-corrected chi connectivity index (χ2v) is 9.44. The summed E-state index contributed by atoms with van der Waals surface area (Å²) in [6.45, 7) is 1.61. The van der Waals surface area contributed by atoms with Crippen molar-refractivity contribution in [2.24, 2.45) is 0 Å². The molecular weight excluding hydrogens is 412 g/mol. The van der Waals surface area contributed by atoms with Crippen LogP contribution in [0.15, 0.2) is 83.8 Å². The molecule has 4 rings (SSSR count). The van der Waals surface area contributed by atoms with E-state index in [9.17, 15) is 13.2 Å². The van der Waals surface area contributed by atoms with Crippen molar-refractivity contribution in [2.45, 2.75) is 30.7 Å². The van der Waals surface area contributed by atoms with Crippen molar-refractivity contribution in [3.63, 3.8) is 0 Å². The Morgan fingerprint density at radius 1 is 0.935 bits per heavy atom. The van der Waals surface area contributed by atoms with Gasteiger partial charge in [0.25, 0.3) is 10.0 Å². The standard InChI is InChI=1S/C24H24N2O4S/c1-18-7-15-23(16-8-18)31(28,29)26(17-24(27)25-19-9-10-19)20-11-13-22(14-12-20)30-21-5-3-2-4-6-21/h2-8,11-16,19H,9-10,17H2,1H3,(H,25,27). The molecule has 3 aromatic carbocycles. The number of rotatable bonds is 8. The number of nitrogens with zero attached hydrogens (tertiary/aromatic N) is 1. The number of nitrogens with one attached hydrogen (secondary N) is 1. The lowest BCUT2D eigenvalue weighted by Crippen LogP contribution is -2.41. The predicted octanol–water partition coefficient (Wildman–Crippen LogP) is 4.26. The van der Waals surface area contributed by atoms with E-state index in [2.05, 4.69) is 5.32 Å². The molecule has 1 aliphatic rings. The number of benzene rings is 3. The van der Waals surface area contributed by atoms with E-state index >= 15 is 0 Å². The summed E-state index contributed by atoms with van der Waals surface area (Å²) in [6.07, 6.45) is 1.87. The number of carbonyl (C=O) groups is 1. The van der Waals surface area contributed by atoms with Crippen LogP contribution in [0.5, 0.6) is 11.5 Å². The first-order valence-corrected chi connectivity index (χ1v) is 11.6. The van der Waals surface area contributed by atoms with Gasteiger partial charge in [0.1, 0.15) is 18.0 Å². The molecule has 1 amide bonds. The van der Waals surface area contributed by atoms with Gasteiger partial charge in [0, 0.05) is 6.04 Å². The highest BCUT2D eigenvalue weighted by atomic mass is 32.2. The van der Waals surface area contributed by atoms with Crippen LogP contribution in [-0.2, 0) is 14.8 Å². The van der Waals surface area contributed by atoms with Crippen molar-refractivity contribution in [1.82, 2.24) is 5.32 Å². The number of amides is 1. The van der Waals surface area contributed by atoms with E-state index < -0.39 is 10.0 Å². The average Bonchev–Trinajstić information content (AvgIpc) is 3.58. The summed E-state index contributed by atoms with van der Waals surface area (Å²) >= 11 is 0. The van der Waals surface area contributed by atoms with E-state index in [0.717, 1.165) is 22.7 Å². The van der Waals surface area contributed by atoms with Crippen molar-refractivity contribution in [1.29, 1.82) is 0 Å². The highest BCUT2D eigenvalue weighted by Crippen LogP contribution is 2.28. The summed E-state index contributed by atoms with van der Waals surface area (Å²) in [6, 6.07) is 22.8. The van der Waals surface area contributed by atoms with E-state index in [-0.39, 0.29) is 23.4 Å². The number of sulfonamides is 1. The Balaban J connectivity index is 1.61. The monoisotopic (exact) mass is 436 g/mol. The zero-order valence-electron chi connectivity index (χ0n) is 17.2. The summed E-state index contributed by atoms with van der Waals surface area (Å²) in [5, 5.41) is 2.86. The molecule has 0 unspecified atom stereocenters. The van der Waals surface area contributed by atoms with E-state index in [4.69, 9.17) is 4.74 Å². The molecule has 160 valence electrons. The molecular formula is C24H24N2O4S. The van der Waals surface area contributed by atoms with Crippen LogP contribution in [0.3, 0.4) is 0 Å². The van der Waals surface area contributed by atoms with E-state index in [0.29, 0.717) is 17.2 Å². The normalized spacial score (nSPS) is 13.5. The van der Waals surface area contributed by atoms with Crippen LogP contribution in [0.25, 0.3) is 0 Å². The fourth-order valence-corrected chi connectivity index (χ4v) is 4.51. The van der Waals surface area contributed by atoms with Crippen molar-refractivity contribution in [3.05, 3.63) is 84.4 Å². The largest absolute Gasteiger partial charge is 0.457 e. The fourth-order valence-electron chi connectivity index (χ4n) is 3.09. The van der Waals surface area contributed by atoms with Gasteiger partial charge in [-0.1, -0.05) is 35.9 Å². The SMILES string of the molecule is Cc1ccc(S(=O)(=O)N(CC(=O)NC2CC2)c2ccc(Oc3ccccc3)cc2)cc1. The minimum atomic E-state index is -3.92. The molecule has 7 heteroatoms. The van der Waals surface area contributed by atoms with E-state index in [1.807, 2.05) is 37.3 Å². The minimum Gasteiger partial charge on any atom is -0.457 e. The van der Waals surface area contributed by atoms with Gasteiger partial charge in [-0.25, -0.2) is 8.42 Å². The van der Waals surface area contributed by atoms with Crippen molar-refractivity contribution < 1.29 is 17.9 Å². The number of aryl methyl sites for hydroxylation is 1. The number of hydrogen-bond acceptors (Lipinski definition) is 4. The first kappa shape index (κ1) is 20.9. The van der Waals surface area contributed by atoms with Crippen LogP contribution in [0.2, 0.25) is 0 Å². The molecule has 0 saturated heterocycles. The molecule has 0 radical (unpaired) electrons. The lowest BCUT2D eigenvalue weighted by atomic mass is 10.2. The Labute approximate surface area is 182 Å². The summed E-state index contributed by atoms with van der Waals surface area (Å²) in [5.41, 5.74) is 1.35. The number of carbonyl (C=O) groups excluding carboxylic acids is 1. The Morgan fingerprint density at radius 3 is 2.16 bits per heavy atom.